The van der Waals surface area contributed by atoms with Gasteiger partial charge in [-0.3, -0.25) is 0 Å². The van der Waals surface area contributed by atoms with Crippen molar-refractivity contribution in [1.82, 2.24) is 4.72 Å². The zero-order valence-electron chi connectivity index (χ0n) is 11.4. The van der Waals surface area contributed by atoms with Crippen LogP contribution in [0.5, 0.6) is 0 Å². The van der Waals surface area contributed by atoms with Crippen molar-refractivity contribution < 1.29 is 32.2 Å². The van der Waals surface area contributed by atoms with E-state index in [9.17, 15) is 22.0 Å². The first-order valence-electron chi connectivity index (χ1n) is 5.88. The summed E-state index contributed by atoms with van der Waals surface area (Å²) in [6.07, 6.45) is 0.0564. The van der Waals surface area contributed by atoms with Crippen molar-refractivity contribution in [2.45, 2.75) is 30.7 Å². The van der Waals surface area contributed by atoms with Gasteiger partial charge < -0.3 is 10.2 Å². The van der Waals surface area contributed by atoms with Crippen LogP contribution >= 0.6 is 0 Å². The van der Waals surface area contributed by atoms with Gasteiger partial charge in [0.25, 0.3) is 0 Å². The monoisotopic (exact) mass is 323 g/mol. The van der Waals surface area contributed by atoms with Crippen LogP contribution in [0.15, 0.2) is 17.0 Å². The summed E-state index contributed by atoms with van der Waals surface area (Å²) in [5.41, 5.74) is -2.42. The Bertz CT molecular complexity index is 658. The minimum atomic E-state index is -4.41. The van der Waals surface area contributed by atoms with Gasteiger partial charge in [0.15, 0.2) is 5.82 Å². The lowest BCUT2D eigenvalue weighted by atomic mass is 10.0. The van der Waals surface area contributed by atoms with Crippen molar-refractivity contribution in [3.63, 3.8) is 0 Å². The Hall–Kier alpha value is -1.58. The number of aromatic carboxylic acids is 1. The van der Waals surface area contributed by atoms with Gasteiger partial charge in [-0.15, -0.1) is 0 Å². The number of carbonyl (C=O) groups is 1. The van der Waals surface area contributed by atoms with Crippen molar-refractivity contribution >= 4 is 16.0 Å². The molecule has 6 nitrogen and oxygen atoms in total. The Morgan fingerprint density at radius 3 is 2.38 bits per heavy atom. The molecule has 9 heteroatoms. The van der Waals surface area contributed by atoms with Crippen molar-refractivity contribution in [2.24, 2.45) is 0 Å². The minimum absolute atomic E-state index is 0.0564. The maximum Gasteiger partial charge on any atom is 0.341 e. The van der Waals surface area contributed by atoms with E-state index in [-0.39, 0.29) is 13.0 Å². The van der Waals surface area contributed by atoms with Crippen LogP contribution in [0, 0.1) is 11.6 Å². The molecule has 0 fully saturated rings. The molecule has 0 unspecified atom stereocenters. The molecular weight excluding hydrogens is 308 g/mol. The standard InChI is InChI=1S/C12H15F2NO5S/c1-12(2,5-6-16)15-21(19,20)8-4-3-7(13)9(10(8)14)11(17)18/h3-4,15-16H,5-6H2,1-2H3,(H,17,18). The summed E-state index contributed by atoms with van der Waals surface area (Å²) in [6, 6.07) is 1.22. The highest BCUT2D eigenvalue weighted by atomic mass is 32.2. The van der Waals surface area contributed by atoms with E-state index in [0.717, 1.165) is 0 Å². The van der Waals surface area contributed by atoms with E-state index in [1.165, 1.54) is 13.8 Å². The van der Waals surface area contributed by atoms with E-state index in [1.54, 1.807) is 0 Å². The molecule has 118 valence electrons. The molecule has 0 bridgehead atoms. The maximum absolute atomic E-state index is 14.0. The third-order valence-electron chi connectivity index (χ3n) is 2.71. The van der Waals surface area contributed by atoms with Gasteiger partial charge in [0.05, 0.1) is 0 Å². The predicted molar refractivity (Wildman–Crippen MR) is 69.4 cm³/mol. The number of nitrogens with one attached hydrogen (secondary N) is 1. The number of sulfonamides is 1. The van der Waals surface area contributed by atoms with Gasteiger partial charge in [-0.25, -0.2) is 26.7 Å². The van der Waals surface area contributed by atoms with Gasteiger partial charge in [-0.2, -0.15) is 0 Å². The van der Waals surface area contributed by atoms with Crippen LogP contribution in [-0.2, 0) is 10.0 Å². The van der Waals surface area contributed by atoms with Crippen LogP contribution in [0.1, 0.15) is 30.6 Å². The van der Waals surface area contributed by atoms with E-state index in [0.29, 0.717) is 12.1 Å². The number of rotatable bonds is 6. The summed E-state index contributed by atoms with van der Waals surface area (Å²) in [6.45, 7) is 2.61. The molecule has 3 N–H and O–H groups in total. The molecule has 0 atom stereocenters. The number of carboxylic acid groups (broad SMARTS) is 1. The highest BCUT2D eigenvalue weighted by Gasteiger charge is 2.31. The van der Waals surface area contributed by atoms with E-state index in [1.807, 2.05) is 0 Å². The van der Waals surface area contributed by atoms with Crippen LogP contribution in [-0.4, -0.2) is 36.7 Å². The second-order valence-corrected chi connectivity index (χ2v) is 6.65. The molecule has 1 aromatic carbocycles. The molecule has 1 rings (SSSR count). The molecule has 21 heavy (non-hydrogen) atoms. The fourth-order valence-electron chi connectivity index (χ4n) is 1.69. The SMILES string of the molecule is CC(C)(CCO)NS(=O)(=O)c1ccc(F)c(C(=O)O)c1F. The van der Waals surface area contributed by atoms with Gasteiger partial charge in [0.1, 0.15) is 16.3 Å². The summed E-state index contributed by atoms with van der Waals surface area (Å²) in [5.74, 6) is -4.94. The summed E-state index contributed by atoms with van der Waals surface area (Å²) in [5, 5.41) is 17.6. The van der Waals surface area contributed by atoms with Crippen LogP contribution in [0.3, 0.4) is 0 Å². The Kier molecular flexibility index (Phi) is 5.03. The highest BCUT2D eigenvalue weighted by molar-refractivity contribution is 7.89. The van der Waals surface area contributed by atoms with E-state index in [4.69, 9.17) is 10.2 Å². The smallest absolute Gasteiger partial charge is 0.341 e. The number of benzene rings is 1. The molecular formula is C12H15F2NO5S. The normalized spacial score (nSPS) is 12.4. The molecule has 0 aromatic heterocycles. The van der Waals surface area contributed by atoms with Gasteiger partial charge >= 0.3 is 5.97 Å². The molecule has 0 saturated carbocycles. The molecule has 0 saturated heterocycles. The quantitative estimate of drug-likeness (QED) is 0.727. The van der Waals surface area contributed by atoms with E-state index in [2.05, 4.69) is 4.72 Å². The Morgan fingerprint density at radius 1 is 1.33 bits per heavy atom. The van der Waals surface area contributed by atoms with Gasteiger partial charge in [0, 0.05) is 12.1 Å². The second-order valence-electron chi connectivity index (χ2n) is 5.00. The van der Waals surface area contributed by atoms with Gasteiger partial charge in [-0.05, 0) is 32.4 Å². The Balaban J connectivity index is 3.34. The lowest BCUT2D eigenvalue weighted by molar-refractivity contribution is 0.0685. The van der Waals surface area contributed by atoms with Crippen LogP contribution in [0.4, 0.5) is 8.78 Å². The molecule has 0 aliphatic carbocycles. The number of halogens is 2. The third kappa shape index (κ3) is 3.96. The maximum atomic E-state index is 14.0. The zero-order valence-corrected chi connectivity index (χ0v) is 12.2. The molecule has 0 amide bonds. The number of hydrogen-bond donors (Lipinski definition) is 3. The van der Waals surface area contributed by atoms with Crippen molar-refractivity contribution in [3.05, 3.63) is 29.3 Å². The van der Waals surface area contributed by atoms with Crippen LogP contribution in [0.25, 0.3) is 0 Å². The summed E-state index contributed by atoms with van der Waals surface area (Å²) >= 11 is 0. The van der Waals surface area contributed by atoms with Crippen molar-refractivity contribution in [2.75, 3.05) is 6.61 Å². The van der Waals surface area contributed by atoms with E-state index >= 15 is 0 Å². The fourth-order valence-corrected chi connectivity index (χ4v) is 3.21. The minimum Gasteiger partial charge on any atom is -0.477 e. The van der Waals surface area contributed by atoms with E-state index < -0.39 is 43.6 Å². The van der Waals surface area contributed by atoms with Crippen molar-refractivity contribution in [3.8, 4) is 0 Å². The third-order valence-corrected chi connectivity index (χ3v) is 4.42. The average Bonchev–Trinajstić information content (AvgIpc) is 2.25. The van der Waals surface area contributed by atoms with Crippen molar-refractivity contribution in [1.29, 1.82) is 0 Å². The zero-order chi connectivity index (χ0) is 16.4. The first-order valence-corrected chi connectivity index (χ1v) is 7.36. The summed E-state index contributed by atoms with van der Waals surface area (Å²) in [4.78, 5) is 9.82. The van der Waals surface area contributed by atoms with Gasteiger partial charge in [-0.1, -0.05) is 0 Å². The molecule has 1 aromatic rings. The average molecular weight is 323 g/mol. The summed E-state index contributed by atoms with van der Waals surface area (Å²) < 4.78 is 53.5. The molecule has 0 aliphatic rings. The number of carboxylic acids is 1. The second kappa shape index (κ2) is 6.04. The molecule has 0 spiro atoms. The lowest BCUT2D eigenvalue weighted by Crippen LogP contribution is -2.44. The number of aliphatic hydroxyl groups is 1. The summed E-state index contributed by atoms with van der Waals surface area (Å²) in [7, 11) is -4.41. The Labute approximate surface area is 120 Å². The highest BCUT2D eigenvalue weighted by Crippen LogP contribution is 2.23. The molecule has 0 radical (unpaired) electrons. The predicted octanol–water partition coefficient (Wildman–Crippen LogP) is 1.10. The van der Waals surface area contributed by atoms with Gasteiger partial charge in [0.2, 0.25) is 10.0 Å². The van der Waals surface area contributed by atoms with Crippen LogP contribution < -0.4 is 4.72 Å². The Morgan fingerprint density at radius 2 is 1.90 bits per heavy atom. The molecule has 0 heterocycles. The topological polar surface area (TPSA) is 104 Å². The van der Waals surface area contributed by atoms with Crippen LogP contribution in [0.2, 0.25) is 0 Å². The number of hydrogen-bond acceptors (Lipinski definition) is 4. The molecule has 0 aliphatic heterocycles. The number of aliphatic hydroxyl groups excluding tert-OH is 1. The first kappa shape index (κ1) is 17.5. The fraction of sp³-hybridized carbons (Fsp3) is 0.417. The largest absolute Gasteiger partial charge is 0.477 e. The first-order chi connectivity index (χ1) is 9.52. The lowest BCUT2D eigenvalue weighted by Gasteiger charge is -2.25.